The Kier molecular flexibility index (Phi) is 6.09. The van der Waals surface area contributed by atoms with Crippen LogP contribution in [0.4, 0.5) is 18.9 Å². The highest BCUT2D eigenvalue weighted by Crippen LogP contribution is 2.31. The summed E-state index contributed by atoms with van der Waals surface area (Å²) in [7, 11) is 0. The van der Waals surface area contributed by atoms with Crippen LogP contribution in [0, 0.1) is 10.1 Å². The number of amides is 1. The molecule has 0 bridgehead atoms. The fraction of sp³-hybridized carbons (Fsp3) is 0.368. The van der Waals surface area contributed by atoms with E-state index in [9.17, 15) is 28.1 Å². The van der Waals surface area contributed by atoms with Gasteiger partial charge in [-0.25, -0.2) is 0 Å². The van der Waals surface area contributed by atoms with Gasteiger partial charge in [0, 0.05) is 31.7 Å². The third kappa shape index (κ3) is 5.34. The molecule has 3 heterocycles. The van der Waals surface area contributed by atoms with E-state index in [1.54, 1.807) is 4.90 Å². The monoisotopic (exact) mass is 465 g/mol. The summed E-state index contributed by atoms with van der Waals surface area (Å²) in [5.41, 5.74) is -0.775. The standard InChI is InChI=1S/C19H18F3N7O4/c20-19(21,22)14-3-1-2-13(8-14)18-24-16(33-25-18)11-26-4-6-27(7-5-26)17(30)12-28-10-15(9-23-28)29(31)32/h1-3,8-10H,4-7,11-12H2. The number of carbonyl (C=O) groups is 1. The SMILES string of the molecule is O=C(Cn1cc([N+](=O)[O-])cn1)N1CCN(Cc2nc(-c3cccc(C(F)(F)F)c3)no2)CC1. The van der Waals surface area contributed by atoms with Crippen molar-refractivity contribution in [2.45, 2.75) is 19.3 Å². The molecule has 0 N–H and O–H groups in total. The lowest BCUT2D eigenvalue weighted by Gasteiger charge is -2.33. The van der Waals surface area contributed by atoms with Crippen molar-refractivity contribution in [1.82, 2.24) is 29.7 Å². The van der Waals surface area contributed by atoms with Crippen LogP contribution in [0.1, 0.15) is 11.5 Å². The third-order valence-electron chi connectivity index (χ3n) is 5.13. The Hall–Kier alpha value is -3.81. The number of piperazine rings is 1. The molecule has 0 unspecified atom stereocenters. The van der Waals surface area contributed by atoms with E-state index >= 15 is 0 Å². The Bertz CT molecular complexity index is 1150. The number of nitro groups is 1. The van der Waals surface area contributed by atoms with Crippen molar-refractivity contribution >= 4 is 11.6 Å². The Balaban J connectivity index is 1.30. The maximum Gasteiger partial charge on any atom is 0.416 e. The molecule has 0 saturated carbocycles. The molecule has 0 spiro atoms. The van der Waals surface area contributed by atoms with Gasteiger partial charge in [0.2, 0.25) is 17.6 Å². The van der Waals surface area contributed by atoms with Crippen molar-refractivity contribution in [3.8, 4) is 11.4 Å². The molecular formula is C19H18F3N7O4. The molecule has 1 saturated heterocycles. The molecule has 2 aromatic heterocycles. The molecule has 3 aromatic rings. The summed E-state index contributed by atoms with van der Waals surface area (Å²) < 4.78 is 45.1. The smallest absolute Gasteiger partial charge is 0.339 e. The molecule has 1 aliphatic rings. The molecule has 1 amide bonds. The van der Waals surface area contributed by atoms with Crippen molar-refractivity contribution < 1.29 is 27.4 Å². The van der Waals surface area contributed by atoms with Gasteiger partial charge in [-0.3, -0.25) is 24.5 Å². The quantitative estimate of drug-likeness (QED) is 0.401. The molecule has 174 valence electrons. The van der Waals surface area contributed by atoms with Crippen molar-refractivity contribution in [3.05, 3.63) is 58.2 Å². The van der Waals surface area contributed by atoms with Gasteiger partial charge in [0.15, 0.2) is 0 Å². The molecule has 1 aromatic carbocycles. The maximum absolute atomic E-state index is 12.9. The van der Waals surface area contributed by atoms with Crippen molar-refractivity contribution in [2.24, 2.45) is 0 Å². The summed E-state index contributed by atoms with van der Waals surface area (Å²) in [5, 5.41) is 18.3. The number of alkyl halides is 3. The molecular weight excluding hydrogens is 447 g/mol. The first-order chi connectivity index (χ1) is 15.7. The molecule has 0 atom stereocenters. The zero-order chi connectivity index (χ0) is 23.6. The largest absolute Gasteiger partial charge is 0.416 e. The number of hydrogen-bond acceptors (Lipinski definition) is 8. The second kappa shape index (κ2) is 8.97. The van der Waals surface area contributed by atoms with E-state index < -0.39 is 16.7 Å². The van der Waals surface area contributed by atoms with Crippen LogP contribution in [0.5, 0.6) is 0 Å². The summed E-state index contributed by atoms with van der Waals surface area (Å²) >= 11 is 0. The number of carbonyl (C=O) groups excluding carboxylic acids is 1. The second-order valence-corrected chi connectivity index (χ2v) is 7.40. The van der Waals surface area contributed by atoms with Crippen molar-refractivity contribution in [3.63, 3.8) is 0 Å². The van der Waals surface area contributed by atoms with Crippen LogP contribution < -0.4 is 0 Å². The fourth-order valence-electron chi connectivity index (χ4n) is 3.39. The predicted octanol–water partition coefficient (Wildman–Crippen LogP) is 2.20. The normalized spacial score (nSPS) is 15.1. The molecule has 4 rings (SSSR count). The summed E-state index contributed by atoms with van der Waals surface area (Å²) in [5.74, 6) is 0.113. The zero-order valence-electron chi connectivity index (χ0n) is 17.1. The van der Waals surface area contributed by atoms with Gasteiger partial charge in [-0.1, -0.05) is 17.3 Å². The minimum atomic E-state index is -4.47. The Morgan fingerprint density at radius 3 is 2.64 bits per heavy atom. The van der Waals surface area contributed by atoms with Crippen molar-refractivity contribution in [2.75, 3.05) is 26.2 Å². The minimum Gasteiger partial charge on any atom is -0.339 e. The van der Waals surface area contributed by atoms with E-state index in [-0.39, 0.29) is 35.4 Å². The first-order valence-electron chi connectivity index (χ1n) is 9.86. The van der Waals surface area contributed by atoms with Gasteiger partial charge >= 0.3 is 11.9 Å². The number of halogens is 3. The van der Waals surface area contributed by atoms with Crippen LogP contribution in [-0.4, -0.2) is 66.7 Å². The third-order valence-corrected chi connectivity index (χ3v) is 5.13. The predicted molar refractivity (Wildman–Crippen MR) is 105 cm³/mol. The van der Waals surface area contributed by atoms with Crippen LogP contribution in [0.3, 0.4) is 0 Å². The lowest BCUT2D eigenvalue weighted by atomic mass is 10.1. The van der Waals surface area contributed by atoms with Gasteiger partial charge in [-0.15, -0.1) is 0 Å². The molecule has 33 heavy (non-hydrogen) atoms. The topological polar surface area (TPSA) is 123 Å². The molecule has 1 aliphatic heterocycles. The Labute approximate surface area is 184 Å². The molecule has 1 fully saturated rings. The van der Waals surface area contributed by atoms with E-state index in [2.05, 4.69) is 15.2 Å². The number of hydrogen-bond donors (Lipinski definition) is 0. The average molecular weight is 465 g/mol. The van der Waals surface area contributed by atoms with E-state index in [1.807, 2.05) is 4.90 Å². The Morgan fingerprint density at radius 2 is 1.97 bits per heavy atom. The zero-order valence-corrected chi connectivity index (χ0v) is 17.1. The van der Waals surface area contributed by atoms with Gasteiger partial charge in [-0.05, 0) is 12.1 Å². The van der Waals surface area contributed by atoms with Crippen LogP contribution in [0.15, 0.2) is 41.2 Å². The average Bonchev–Trinajstić information content (AvgIpc) is 3.44. The van der Waals surface area contributed by atoms with E-state index in [4.69, 9.17) is 4.52 Å². The van der Waals surface area contributed by atoms with E-state index in [0.717, 1.165) is 18.3 Å². The summed E-state index contributed by atoms with van der Waals surface area (Å²) in [6, 6.07) is 4.69. The van der Waals surface area contributed by atoms with Crippen molar-refractivity contribution in [1.29, 1.82) is 0 Å². The van der Waals surface area contributed by atoms with Crippen LogP contribution in [0.25, 0.3) is 11.4 Å². The summed E-state index contributed by atoms with van der Waals surface area (Å²) in [4.78, 5) is 30.4. The molecule has 0 aliphatic carbocycles. The molecule has 11 nitrogen and oxygen atoms in total. The van der Waals surface area contributed by atoms with E-state index in [0.29, 0.717) is 32.7 Å². The first kappa shape index (κ1) is 22.4. The van der Waals surface area contributed by atoms with E-state index in [1.165, 1.54) is 23.0 Å². The van der Waals surface area contributed by atoms with Gasteiger partial charge < -0.3 is 9.42 Å². The highest BCUT2D eigenvalue weighted by Gasteiger charge is 2.31. The van der Waals surface area contributed by atoms with Crippen LogP contribution in [0.2, 0.25) is 0 Å². The number of benzene rings is 1. The fourth-order valence-corrected chi connectivity index (χ4v) is 3.39. The second-order valence-electron chi connectivity index (χ2n) is 7.40. The Morgan fingerprint density at radius 1 is 1.21 bits per heavy atom. The minimum absolute atomic E-state index is 0.0678. The first-order valence-corrected chi connectivity index (χ1v) is 9.86. The van der Waals surface area contributed by atoms with Gasteiger partial charge in [0.05, 0.1) is 17.0 Å². The van der Waals surface area contributed by atoms with Gasteiger partial charge in [0.25, 0.3) is 0 Å². The highest BCUT2D eigenvalue weighted by molar-refractivity contribution is 5.76. The molecule has 0 radical (unpaired) electrons. The summed E-state index contributed by atoms with van der Waals surface area (Å²) in [6.07, 6.45) is -2.18. The lowest BCUT2D eigenvalue weighted by Crippen LogP contribution is -2.49. The lowest BCUT2D eigenvalue weighted by molar-refractivity contribution is -0.385. The van der Waals surface area contributed by atoms with Crippen LogP contribution >= 0.6 is 0 Å². The summed E-state index contributed by atoms with van der Waals surface area (Å²) in [6.45, 7) is 2.09. The highest BCUT2D eigenvalue weighted by atomic mass is 19.4. The number of rotatable bonds is 6. The number of nitrogens with zero attached hydrogens (tertiary/aromatic N) is 7. The van der Waals surface area contributed by atoms with Gasteiger partial charge in [0.1, 0.15) is 18.9 Å². The molecule has 14 heteroatoms. The van der Waals surface area contributed by atoms with Crippen LogP contribution in [-0.2, 0) is 24.1 Å². The maximum atomic E-state index is 12.9. The van der Waals surface area contributed by atoms with Gasteiger partial charge in [-0.2, -0.15) is 23.3 Å². The number of aromatic nitrogens is 4.